The summed E-state index contributed by atoms with van der Waals surface area (Å²) in [6.07, 6.45) is 0.991. The third kappa shape index (κ3) is 3.50. The van der Waals surface area contributed by atoms with E-state index in [1.807, 2.05) is 29.6 Å². The predicted octanol–water partition coefficient (Wildman–Crippen LogP) is 2.83. The van der Waals surface area contributed by atoms with Crippen LogP contribution in [0, 0.1) is 0 Å². The molecule has 4 rings (SSSR count). The van der Waals surface area contributed by atoms with Gasteiger partial charge < -0.3 is 19.0 Å². The van der Waals surface area contributed by atoms with Gasteiger partial charge in [0.05, 0.1) is 30.6 Å². The molecule has 144 valence electrons. The SMILES string of the molecule is CN(C)C(=O)[C@@H]1CN(C(=O)Cc2csc(-c3ccco3)n2)c2ccccc2O1. The molecule has 1 aromatic carbocycles. The van der Waals surface area contributed by atoms with Gasteiger partial charge in [0.1, 0.15) is 5.75 Å². The van der Waals surface area contributed by atoms with Crippen LogP contribution in [0.25, 0.3) is 10.8 Å². The van der Waals surface area contributed by atoms with Gasteiger partial charge in [-0.15, -0.1) is 11.3 Å². The molecule has 3 heterocycles. The van der Waals surface area contributed by atoms with Crippen molar-refractivity contribution in [3.05, 3.63) is 53.7 Å². The van der Waals surface area contributed by atoms with E-state index in [-0.39, 0.29) is 24.8 Å². The van der Waals surface area contributed by atoms with Crippen LogP contribution in [0.2, 0.25) is 0 Å². The second kappa shape index (κ2) is 7.47. The third-order valence-corrected chi connectivity index (χ3v) is 5.31. The van der Waals surface area contributed by atoms with Crippen molar-refractivity contribution < 1.29 is 18.7 Å². The first-order chi connectivity index (χ1) is 13.5. The lowest BCUT2D eigenvalue weighted by atomic mass is 10.1. The molecule has 3 aromatic rings. The Kier molecular flexibility index (Phi) is 4.87. The number of ether oxygens (including phenoxy) is 1. The fourth-order valence-corrected chi connectivity index (χ4v) is 3.83. The van der Waals surface area contributed by atoms with Crippen LogP contribution in [0.3, 0.4) is 0 Å². The number of rotatable bonds is 4. The Morgan fingerprint density at radius 3 is 2.82 bits per heavy atom. The van der Waals surface area contributed by atoms with Crippen molar-refractivity contribution in [3.63, 3.8) is 0 Å². The van der Waals surface area contributed by atoms with E-state index in [2.05, 4.69) is 4.98 Å². The number of aromatic nitrogens is 1. The molecule has 0 radical (unpaired) electrons. The second-order valence-electron chi connectivity index (χ2n) is 6.61. The highest BCUT2D eigenvalue weighted by Crippen LogP contribution is 2.34. The summed E-state index contributed by atoms with van der Waals surface area (Å²) in [6.45, 7) is 0.169. The number of furan rings is 1. The van der Waals surface area contributed by atoms with Gasteiger partial charge in [0.2, 0.25) is 5.91 Å². The van der Waals surface area contributed by atoms with Crippen LogP contribution in [0.15, 0.2) is 52.5 Å². The van der Waals surface area contributed by atoms with Gasteiger partial charge in [-0.2, -0.15) is 0 Å². The number of anilines is 1. The largest absolute Gasteiger partial charge is 0.476 e. The van der Waals surface area contributed by atoms with E-state index in [1.165, 1.54) is 16.2 Å². The zero-order valence-corrected chi connectivity index (χ0v) is 16.3. The van der Waals surface area contributed by atoms with Crippen LogP contribution in [-0.2, 0) is 16.0 Å². The predicted molar refractivity (Wildman–Crippen MR) is 105 cm³/mol. The third-order valence-electron chi connectivity index (χ3n) is 4.41. The van der Waals surface area contributed by atoms with Crippen LogP contribution in [0.1, 0.15) is 5.69 Å². The molecule has 28 heavy (non-hydrogen) atoms. The van der Waals surface area contributed by atoms with Crippen molar-refractivity contribution in [3.8, 4) is 16.5 Å². The van der Waals surface area contributed by atoms with Crippen molar-refractivity contribution in [1.29, 1.82) is 0 Å². The summed E-state index contributed by atoms with van der Waals surface area (Å²) in [5.74, 6) is 0.888. The summed E-state index contributed by atoms with van der Waals surface area (Å²) < 4.78 is 11.2. The standard InChI is InChI=1S/C20H19N3O4S/c1-22(2)20(25)17-11-23(14-6-3-4-7-15(14)27-17)18(24)10-13-12-28-19(21-13)16-8-5-9-26-16/h3-9,12,17H,10-11H2,1-2H3/t17-/m0/s1. The number of amides is 2. The molecule has 8 heteroatoms. The molecular weight excluding hydrogens is 378 g/mol. The number of likely N-dealkylation sites (N-methyl/N-ethyl adjacent to an activating group) is 1. The lowest BCUT2D eigenvalue weighted by Gasteiger charge is -2.35. The number of hydrogen-bond donors (Lipinski definition) is 0. The molecule has 0 saturated heterocycles. The Labute approximate surface area is 166 Å². The Bertz CT molecular complexity index is 997. The van der Waals surface area contributed by atoms with Crippen LogP contribution in [0.5, 0.6) is 5.75 Å². The molecule has 1 aliphatic heterocycles. The van der Waals surface area contributed by atoms with Crippen LogP contribution >= 0.6 is 11.3 Å². The highest BCUT2D eigenvalue weighted by atomic mass is 32.1. The molecule has 0 unspecified atom stereocenters. The first kappa shape index (κ1) is 18.2. The lowest BCUT2D eigenvalue weighted by Crippen LogP contribution is -2.50. The molecule has 2 aromatic heterocycles. The van der Waals surface area contributed by atoms with Gasteiger partial charge in [-0.3, -0.25) is 9.59 Å². The smallest absolute Gasteiger partial charge is 0.265 e. The van der Waals surface area contributed by atoms with E-state index >= 15 is 0 Å². The highest BCUT2D eigenvalue weighted by molar-refractivity contribution is 7.13. The molecule has 7 nitrogen and oxygen atoms in total. The number of benzene rings is 1. The number of carbonyl (C=O) groups excluding carboxylic acids is 2. The van der Waals surface area contributed by atoms with Crippen molar-refractivity contribution in [2.24, 2.45) is 0 Å². The molecule has 1 aliphatic rings. The fourth-order valence-electron chi connectivity index (χ4n) is 3.04. The lowest BCUT2D eigenvalue weighted by molar-refractivity contribution is -0.136. The van der Waals surface area contributed by atoms with Gasteiger partial charge in [0.15, 0.2) is 16.9 Å². The van der Waals surface area contributed by atoms with Gasteiger partial charge in [-0.25, -0.2) is 4.98 Å². The summed E-state index contributed by atoms with van der Waals surface area (Å²) in [5, 5.41) is 2.58. The highest BCUT2D eigenvalue weighted by Gasteiger charge is 2.34. The molecule has 0 spiro atoms. The Balaban J connectivity index is 1.56. The van der Waals surface area contributed by atoms with Gasteiger partial charge in [-0.1, -0.05) is 12.1 Å². The van der Waals surface area contributed by atoms with E-state index in [1.54, 1.807) is 37.4 Å². The number of nitrogens with zero attached hydrogens (tertiary/aromatic N) is 3. The minimum absolute atomic E-state index is 0.133. The van der Waals surface area contributed by atoms with Gasteiger partial charge in [0, 0.05) is 19.5 Å². The number of carbonyl (C=O) groups is 2. The summed E-state index contributed by atoms with van der Waals surface area (Å²) >= 11 is 1.43. The van der Waals surface area contributed by atoms with Crippen molar-refractivity contribution >= 4 is 28.8 Å². The Morgan fingerprint density at radius 2 is 2.07 bits per heavy atom. The topological polar surface area (TPSA) is 75.9 Å². The average molecular weight is 397 g/mol. The maximum Gasteiger partial charge on any atom is 0.265 e. The Hall–Kier alpha value is -3.13. The maximum atomic E-state index is 13.1. The molecule has 0 fully saturated rings. The maximum absolute atomic E-state index is 13.1. The molecule has 2 amide bonds. The zero-order chi connectivity index (χ0) is 19.7. The number of para-hydroxylation sites is 2. The average Bonchev–Trinajstić information content (AvgIpc) is 3.38. The Morgan fingerprint density at radius 1 is 1.25 bits per heavy atom. The summed E-state index contributed by atoms with van der Waals surface area (Å²) in [5.41, 5.74) is 1.33. The molecule has 0 saturated carbocycles. The fraction of sp³-hybridized carbons (Fsp3) is 0.250. The summed E-state index contributed by atoms with van der Waals surface area (Å²) in [6, 6.07) is 10.9. The van der Waals surface area contributed by atoms with E-state index in [0.717, 1.165) is 5.01 Å². The number of fused-ring (bicyclic) bond motifs is 1. The van der Waals surface area contributed by atoms with Gasteiger partial charge in [0.25, 0.3) is 5.91 Å². The first-order valence-corrected chi connectivity index (χ1v) is 9.66. The summed E-state index contributed by atoms with van der Waals surface area (Å²) in [7, 11) is 3.34. The van der Waals surface area contributed by atoms with E-state index in [9.17, 15) is 9.59 Å². The van der Waals surface area contributed by atoms with Crippen molar-refractivity contribution in [1.82, 2.24) is 9.88 Å². The first-order valence-electron chi connectivity index (χ1n) is 8.78. The minimum Gasteiger partial charge on any atom is -0.476 e. The molecule has 0 N–H and O–H groups in total. The zero-order valence-electron chi connectivity index (χ0n) is 15.5. The van der Waals surface area contributed by atoms with E-state index in [4.69, 9.17) is 9.15 Å². The van der Waals surface area contributed by atoms with Crippen molar-refractivity contribution in [2.45, 2.75) is 12.5 Å². The quantitative estimate of drug-likeness (QED) is 0.677. The van der Waals surface area contributed by atoms with E-state index in [0.29, 0.717) is 22.9 Å². The number of thiazole rings is 1. The van der Waals surface area contributed by atoms with Gasteiger partial charge >= 0.3 is 0 Å². The summed E-state index contributed by atoms with van der Waals surface area (Å²) in [4.78, 5) is 33.0. The second-order valence-corrected chi connectivity index (χ2v) is 7.47. The monoisotopic (exact) mass is 397 g/mol. The number of hydrogen-bond acceptors (Lipinski definition) is 6. The van der Waals surface area contributed by atoms with Crippen LogP contribution in [-0.4, -0.2) is 48.4 Å². The molecule has 0 aliphatic carbocycles. The minimum atomic E-state index is -0.733. The molecular formula is C20H19N3O4S. The van der Waals surface area contributed by atoms with Gasteiger partial charge in [-0.05, 0) is 24.3 Å². The normalized spacial score (nSPS) is 15.6. The van der Waals surface area contributed by atoms with Crippen LogP contribution in [0.4, 0.5) is 5.69 Å². The molecule has 1 atom stereocenters. The van der Waals surface area contributed by atoms with Crippen molar-refractivity contribution in [2.75, 3.05) is 25.5 Å². The molecule has 0 bridgehead atoms. The van der Waals surface area contributed by atoms with Crippen LogP contribution < -0.4 is 9.64 Å². The van der Waals surface area contributed by atoms with E-state index < -0.39 is 6.10 Å².